The molecule has 8 heteroatoms. The second-order valence-corrected chi connectivity index (χ2v) is 5.15. The smallest absolute Gasteiger partial charge is 0.302 e. The largest absolute Gasteiger partial charge is 0.493 e. The first kappa shape index (κ1) is 15.3. The van der Waals surface area contributed by atoms with Gasteiger partial charge < -0.3 is 10.1 Å². The lowest BCUT2D eigenvalue weighted by atomic mass is 10.1. The number of carbonyl (C=O) groups excluding carboxylic acids is 1. The van der Waals surface area contributed by atoms with E-state index in [-0.39, 0.29) is 22.8 Å². The summed E-state index contributed by atoms with van der Waals surface area (Å²) in [5, 5.41) is 28.8. The maximum Gasteiger partial charge on any atom is 0.302 e. The normalized spacial score (nSPS) is 11.2. The number of benzene rings is 2. The van der Waals surface area contributed by atoms with Crippen LogP contribution in [-0.4, -0.2) is 20.9 Å². The van der Waals surface area contributed by atoms with Gasteiger partial charge in [-0.2, -0.15) is 0 Å². The summed E-state index contributed by atoms with van der Waals surface area (Å²) in [6.07, 6.45) is 0. The molecular formula is C16H12N4O4. The standard InChI is InChI=1S/C16H12N4O4/c1-9-6-7-12-11(8-9)14(16(22)17-12)18-19-15(21)10-4-2-3-5-13(10)20(23)24/h2-8,17,22H,1H3. The number of amides is 1. The molecule has 0 radical (unpaired) electrons. The highest BCUT2D eigenvalue weighted by molar-refractivity contribution is 5.99. The van der Waals surface area contributed by atoms with E-state index in [0.29, 0.717) is 10.9 Å². The fourth-order valence-corrected chi connectivity index (χ4v) is 2.34. The summed E-state index contributed by atoms with van der Waals surface area (Å²) in [6.45, 7) is 1.88. The number of aromatic amines is 1. The van der Waals surface area contributed by atoms with E-state index in [1.54, 1.807) is 12.1 Å². The molecule has 8 nitrogen and oxygen atoms in total. The first-order chi connectivity index (χ1) is 11.5. The highest BCUT2D eigenvalue weighted by Crippen LogP contribution is 2.36. The Morgan fingerprint density at radius 3 is 2.75 bits per heavy atom. The Balaban J connectivity index is 2.00. The molecule has 1 amide bonds. The van der Waals surface area contributed by atoms with Gasteiger partial charge in [-0.1, -0.05) is 23.8 Å². The SMILES string of the molecule is Cc1ccc2[nH]c(O)c(N=NC(=O)c3ccccc3[N+](=O)[O-])c2c1. The molecule has 2 N–H and O–H groups in total. The van der Waals surface area contributed by atoms with Crippen LogP contribution in [0.1, 0.15) is 15.9 Å². The molecule has 0 saturated heterocycles. The number of hydrogen-bond acceptors (Lipinski definition) is 5. The van der Waals surface area contributed by atoms with Crippen LogP contribution in [-0.2, 0) is 0 Å². The van der Waals surface area contributed by atoms with Crippen LogP contribution in [0.4, 0.5) is 11.4 Å². The van der Waals surface area contributed by atoms with E-state index in [1.165, 1.54) is 24.3 Å². The van der Waals surface area contributed by atoms with Crippen LogP contribution in [0.2, 0.25) is 0 Å². The number of rotatable bonds is 3. The molecule has 0 spiro atoms. The number of hydrogen-bond donors (Lipinski definition) is 2. The molecule has 0 aliphatic carbocycles. The van der Waals surface area contributed by atoms with Crippen molar-refractivity contribution in [3.8, 4) is 5.88 Å². The van der Waals surface area contributed by atoms with E-state index in [0.717, 1.165) is 5.56 Å². The molecule has 0 bridgehead atoms. The number of aromatic hydroxyl groups is 1. The fourth-order valence-electron chi connectivity index (χ4n) is 2.34. The van der Waals surface area contributed by atoms with Crippen molar-refractivity contribution in [3.63, 3.8) is 0 Å². The van der Waals surface area contributed by atoms with Crippen LogP contribution < -0.4 is 0 Å². The predicted octanol–water partition coefficient (Wildman–Crippen LogP) is 4.01. The van der Waals surface area contributed by atoms with Crippen LogP contribution in [0.3, 0.4) is 0 Å². The number of nitro benzene ring substituents is 1. The van der Waals surface area contributed by atoms with Crippen molar-refractivity contribution in [3.05, 3.63) is 63.7 Å². The van der Waals surface area contributed by atoms with Gasteiger partial charge in [-0.25, -0.2) is 0 Å². The number of nitrogens with zero attached hydrogens (tertiary/aromatic N) is 3. The summed E-state index contributed by atoms with van der Waals surface area (Å²) in [5.41, 5.74) is 1.19. The third kappa shape index (κ3) is 2.72. The Morgan fingerprint density at radius 2 is 2.00 bits per heavy atom. The van der Waals surface area contributed by atoms with Crippen molar-refractivity contribution in [1.29, 1.82) is 0 Å². The second-order valence-electron chi connectivity index (χ2n) is 5.15. The topological polar surface area (TPSA) is 121 Å². The molecule has 0 unspecified atom stereocenters. The van der Waals surface area contributed by atoms with Gasteiger partial charge in [-0.05, 0) is 25.1 Å². The van der Waals surface area contributed by atoms with Gasteiger partial charge in [0.15, 0.2) is 5.69 Å². The van der Waals surface area contributed by atoms with E-state index in [1.807, 2.05) is 13.0 Å². The maximum atomic E-state index is 12.1. The Labute approximate surface area is 135 Å². The van der Waals surface area contributed by atoms with Crippen molar-refractivity contribution >= 4 is 28.2 Å². The summed E-state index contributed by atoms with van der Waals surface area (Å²) in [5.74, 6) is -1.08. The lowest BCUT2D eigenvalue weighted by Crippen LogP contribution is -2.00. The number of para-hydroxylation sites is 1. The number of nitro groups is 1. The lowest BCUT2D eigenvalue weighted by molar-refractivity contribution is -0.385. The molecule has 3 rings (SSSR count). The molecule has 0 fully saturated rings. The molecule has 1 heterocycles. The minimum Gasteiger partial charge on any atom is -0.493 e. The zero-order valence-electron chi connectivity index (χ0n) is 12.6. The van der Waals surface area contributed by atoms with Gasteiger partial charge in [0.1, 0.15) is 5.56 Å². The van der Waals surface area contributed by atoms with Crippen LogP contribution in [0.5, 0.6) is 5.88 Å². The number of aromatic nitrogens is 1. The number of aryl methyl sites for hydroxylation is 1. The monoisotopic (exact) mass is 324 g/mol. The summed E-state index contributed by atoms with van der Waals surface area (Å²) in [6, 6.07) is 10.9. The average Bonchev–Trinajstić information content (AvgIpc) is 2.87. The molecule has 0 aliphatic rings. The second kappa shape index (κ2) is 5.92. The van der Waals surface area contributed by atoms with Gasteiger partial charge in [0, 0.05) is 11.5 Å². The minimum atomic E-state index is -0.858. The number of azo groups is 1. The zero-order valence-corrected chi connectivity index (χ0v) is 12.6. The van der Waals surface area contributed by atoms with Crippen molar-refractivity contribution in [2.75, 3.05) is 0 Å². The maximum absolute atomic E-state index is 12.1. The highest BCUT2D eigenvalue weighted by Gasteiger charge is 2.19. The van der Waals surface area contributed by atoms with E-state index >= 15 is 0 Å². The van der Waals surface area contributed by atoms with E-state index < -0.39 is 10.8 Å². The van der Waals surface area contributed by atoms with Gasteiger partial charge in [-0.15, -0.1) is 10.2 Å². The molecule has 3 aromatic rings. The van der Waals surface area contributed by atoms with Crippen molar-refractivity contribution in [2.24, 2.45) is 10.2 Å². The summed E-state index contributed by atoms with van der Waals surface area (Å²) < 4.78 is 0. The Bertz CT molecular complexity index is 991. The van der Waals surface area contributed by atoms with Gasteiger partial charge in [-0.3, -0.25) is 14.9 Å². The van der Waals surface area contributed by atoms with Crippen molar-refractivity contribution in [2.45, 2.75) is 6.92 Å². The molecule has 24 heavy (non-hydrogen) atoms. The summed E-state index contributed by atoms with van der Waals surface area (Å²) in [7, 11) is 0. The third-order valence-electron chi connectivity index (χ3n) is 3.48. The molecule has 120 valence electrons. The predicted molar refractivity (Wildman–Crippen MR) is 86.6 cm³/mol. The van der Waals surface area contributed by atoms with Gasteiger partial charge in [0.2, 0.25) is 5.88 Å². The van der Waals surface area contributed by atoms with E-state index in [4.69, 9.17) is 0 Å². The Morgan fingerprint density at radius 1 is 1.25 bits per heavy atom. The quantitative estimate of drug-likeness (QED) is 0.429. The van der Waals surface area contributed by atoms with E-state index in [9.17, 15) is 20.0 Å². The van der Waals surface area contributed by atoms with Gasteiger partial charge in [0.25, 0.3) is 5.69 Å². The van der Waals surface area contributed by atoms with Crippen LogP contribution in [0, 0.1) is 17.0 Å². The minimum absolute atomic E-state index is 0.112. The van der Waals surface area contributed by atoms with Crippen molar-refractivity contribution in [1.82, 2.24) is 4.98 Å². The number of H-pyrrole nitrogens is 1. The van der Waals surface area contributed by atoms with Crippen LogP contribution >= 0.6 is 0 Å². The van der Waals surface area contributed by atoms with E-state index in [2.05, 4.69) is 15.2 Å². The summed E-state index contributed by atoms with van der Waals surface area (Å²) in [4.78, 5) is 25.2. The third-order valence-corrected chi connectivity index (χ3v) is 3.48. The zero-order chi connectivity index (χ0) is 17.3. The summed E-state index contributed by atoms with van der Waals surface area (Å²) >= 11 is 0. The van der Waals surface area contributed by atoms with Gasteiger partial charge in [0.05, 0.1) is 10.4 Å². The molecular weight excluding hydrogens is 312 g/mol. The molecule has 0 atom stereocenters. The first-order valence-corrected chi connectivity index (χ1v) is 6.98. The van der Waals surface area contributed by atoms with Crippen molar-refractivity contribution < 1.29 is 14.8 Å². The lowest BCUT2D eigenvalue weighted by Gasteiger charge is -1.97. The molecule has 0 aliphatic heterocycles. The van der Waals surface area contributed by atoms with Gasteiger partial charge >= 0.3 is 5.91 Å². The number of carbonyl (C=O) groups is 1. The number of nitrogens with one attached hydrogen (secondary N) is 1. The van der Waals surface area contributed by atoms with Crippen LogP contribution in [0.25, 0.3) is 10.9 Å². The number of fused-ring (bicyclic) bond motifs is 1. The fraction of sp³-hybridized carbons (Fsp3) is 0.0625. The Hall–Kier alpha value is -3.55. The molecule has 0 saturated carbocycles. The Kier molecular flexibility index (Phi) is 3.78. The average molecular weight is 324 g/mol. The molecule has 1 aromatic heterocycles. The first-order valence-electron chi connectivity index (χ1n) is 6.98. The van der Waals surface area contributed by atoms with Crippen LogP contribution in [0.15, 0.2) is 52.7 Å². The highest BCUT2D eigenvalue weighted by atomic mass is 16.6. The molecule has 2 aromatic carbocycles.